The summed E-state index contributed by atoms with van der Waals surface area (Å²) in [5, 5.41) is 0. The number of nitrogens with zero attached hydrogens (tertiary/aromatic N) is 1. The molecule has 3 heteroatoms. The normalized spacial score (nSPS) is 11.3. The zero-order valence-corrected chi connectivity index (χ0v) is 8.22. The Bertz CT molecular complexity index is 73.5. The van der Waals surface area contributed by atoms with Gasteiger partial charge in [0.15, 0.2) is 0 Å². The van der Waals surface area contributed by atoms with Crippen LogP contribution in [-0.2, 0) is 0 Å². The Morgan fingerprint density at radius 1 is 1.33 bits per heavy atom. The van der Waals surface area contributed by atoms with Crippen molar-refractivity contribution in [2.24, 2.45) is 0 Å². The van der Waals surface area contributed by atoms with Gasteiger partial charge in [0, 0.05) is 11.3 Å². The third-order valence-electron chi connectivity index (χ3n) is 1.60. The molecule has 0 amide bonds. The lowest BCUT2D eigenvalue weighted by molar-refractivity contribution is 0.225. The van der Waals surface area contributed by atoms with Crippen LogP contribution in [0, 0.1) is 0 Å². The molecule has 0 aliphatic rings. The molecule has 9 heavy (non-hydrogen) atoms. The fraction of sp³-hybridized carbons (Fsp3) is 1.00. The van der Waals surface area contributed by atoms with Gasteiger partial charge < -0.3 is 4.90 Å². The predicted octanol–water partition coefficient (Wildman–Crippen LogP) is 1.68. The van der Waals surface area contributed by atoms with Crippen molar-refractivity contribution < 1.29 is 0 Å². The molecule has 0 aliphatic heterocycles. The van der Waals surface area contributed by atoms with Crippen LogP contribution in [-0.4, -0.2) is 30.3 Å². The molecule has 0 N–H and O–H groups in total. The largest absolute Gasteiger partial charge is 0.303 e. The van der Waals surface area contributed by atoms with Gasteiger partial charge in [0.05, 0.1) is 0 Å². The third kappa shape index (κ3) is 4.06. The first-order chi connectivity index (χ1) is 3.50. The SMILES string of the molecule is CN(C)C(C)(C)CS.Cl. The van der Waals surface area contributed by atoms with E-state index < -0.39 is 0 Å². The van der Waals surface area contributed by atoms with Crippen LogP contribution in [0.3, 0.4) is 0 Å². The fourth-order valence-electron chi connectivity index (χ4n) is 0.141. The van der Waals surface area contributed by atoms with Gasteiger partial charge in [0.1, 0.15) is 0 Å². The van der Waals surface area contributed by atoms with Gasteiger partial charge >= 0.3 is 0 Å². The molecule has 0 rings (SSSR count). The molecule has 0 radical (unpaired) electrons. The molecular weight excluding hydrogens is 154 g/mol. The molecule has 0 aromatic heterocycles. The fourth-order valence-corrected chi connectivity index (χ4v) is 0.424. The Morgan fingerprint density at radius 2 is 1.67 bits per heavy atom. The summed E-state index contributed by atoms with van der Waals surface area (Å²) in [5.74, 6) is 0.903. The van der Waals surface area contributed by atoms with E-state index in [2.05, 4.69) is 45.5 Å². The average molecular weight is 170 g/mol. The number of thiol groups is 1. The maximum Gasteiger partial charge on any atom is 0.0235 e. The first-order valence-corrected chi connectivity index (χ1v) is 3.42. The van der Waals surface area contributed by atoms with Gasteiger partial charge in [-0.25, -0.2) is 0 Å². The Labute approximate surface area is 69.6 Å². The van der Waals surface area contributed by atoms with Crippen molar-refractivity contribution in [1.29, 1.82) is 0 Å². The highest BCUT2D eigenvalue weighted by Gasteiger charge is 2.16. The molecule has 0 unspecified atom stereocenters. The van der Waals surface area contributed by atoms with Gasteiger partial charge in [-0.1, -0.05) is 0 Å². The molecule has 0 spiro atoms. The topological polar surface area (TPSA) is 3.24 Å². The van der Waals surface area contributed by atoms with Crippen LogP contribution in [0.4, 0.5) is 0 Å². The minimum absolute atomic E-state index is 0. The molecule has 1 nitrogen and oxygen atoms in total. The van der Waals surface area contributed by atoms with Gasteiger partial charge in [0.2, 0.25) is 0 Å². The van der Waals surface area contributed by atoms with Crippen molar-refractivity contribution in [3.8, 4) is 0 Å². The van der Waals surface area contributed by atoms with Crippen LogP contribution in [0.25, 0.3) is 0 Å². The summed E-state index contributed by atoms with van der Waals surface area (Å²) < 4.78 is 0. The van der Waals surface area contributed by atoms with E-state index in [0.717, 1.165) is 5.75 Å². The van der Waals surface area contributed by atoms with Crippen LogP contribution >= 0.6 is 25.0 Å². The van der Waals surface area contributed by atoms with E-state index in [1.54, 1.807) is 0 Å². The van der Waals surface area contributed by atoms with Crippen molar-refractivity contribution >= 4 is 25.0 Å². The highest BCUT2D eigenvalue weighted by atomic mass is 35.5. The van der Waals surface area contributed by atoms with E-state index in [0.29, 0.717) is 0 Å². The molecule has 0 aliphatic carbocycles. The van der Waals surface area contributed by atoms with Gasteiger partial charge in [-0.2, -0.15) is 12.6 Å². The molecule has 0 aromatic carbocycles. The van der Waals surface area contributed by atoms with E-state index >= 15 is 0 Å². The molecule has 0 heterocycles. The van der Waals surface area contributed by atoms with Crippen molar-refractivity contribution in [3.05, 3.63) is 0 Å². The van der Waals surface area contributed by atoms with Crippen LogP contribution < -0.4 is 0 Å². The van der Waals surface area contributed by atoms with E-state index in [4.69, 9.17) is 0 Å². The number of rotatable bonds is 2. The molecule has 0 aromatic rings. The third-order valence-corrected chi connectivity index (χ3v) is 2.37. The van der Waals surface area contributed by atoms with Crippen molar-refractivity contribution in [3.63, 3.8) is 0 Å². The monoisotopic (exact) mass is 169 g/mol. The number of hydrogen-bond acceptors (Lipinski definition) is 2. The molecule has 0 fully saturated rings. The first kappa shape index (κ1) is 12.3. The predicted molar refractivity (Wildman–Crippen MR) is 48.9 cm³/mol. The lowest BCUT2D eigenvalue weighted by Crippen LogP contribution is -2.39. The van der Waals surface area contributed by atoms with Crippen LogP contribution in [0.5, 0.6) is 0 Å². The molecule has 0 bridgehead atoms. The summed E-state index contributed by atoms with van der Waals surface area (Å²) in [4.78, 5) is 2.17. The Hall–Kier alpha value is 0.600. The molecule has 58 valence electrons. The second-order valence-electron chi connectivity index (χ2n) is 2.86. The van der Waals surface area contributed by atoms with Crippen LogP contribution in [0.1, 0.15) is 13.8 Å². The second kappa shape index (κ2) is 4.42. The summed E-state index contributed by atoms with van der Waals surface area (Å²) in [7, 11) is 4.13. The van der Waals surface area contributed by atoms with Crippen LogP contribution in [0.15, 0.2) is 0 Å². The van der Waals surface area contributed by atoms with E-state index in [-0.39, 0.29) is 17.9 Å². The smallest absolute Gasteiger partial charge is 0.0235 e. The summed E-state index contributed by atoms with van der Waals surface area (Å²) >= 11 is 4.20. The lowest BCUT2D eigenvalue weighted by atomic mass is 10.1. The Kier molecular flexibility index (Phi) is 6.04. The average Bonchev–Trinajstić information content (AvgIpc) is 1.67. The van der Waals surface area contributed by atoms with E-state index in [1.165, 1.54) is 0 Å². The maximum atomic E-state index is 4.20. The maximum absolute atomic E-state index is 4.20. The molecule has 0 saturated heterocycles. The number of halogens is 1. The summed E-state index contributed by atoms with van der Waals surface area (Å²) in [6.45, 7) is 4.33. The van der Waals surface area contributed by atoms with Crippen molar-refractivity contribution in [1.82, 2.24) is 4.90 Å². The van der Waals surface area contributed by atoms with E-state index in [9.17, 15) is 0 Å². The van der Waals surface area contributed by atoms with Gasteiger partial charge in [-0.15, -0.1) is 12.4 Å². The minimum Gasteiger partial charge on any atom is -0.303 e. The Balaban J connectivity index is 0. The first-order valence-electron chi connectivity index (χ1n) is 2.79. The number of hydrogen-bond donors (Lipinski definition) is 1. The summed E-state index contributed by atoms with van der Waals surface area (Å²) in [6, 6.07) is 0. The van der Waals surface area contributed by atoms with Crippen molar-refractivity contribution in [2.75, 3.05) is 19.8 Å². The highest BCUT2D eigenvalue weighted by Crippen LogP contribution is 2.10. The quantitative estimate of drug-likeness (QED) is 0.616. The summed E-state index contributed by atoms with van der Waals surface area (Å²) in [5.41, 5.74) is 0.239. The van der Waals surface area contributed by atoms with Gasteiger partial charge in [-0.05, 0) is 27.9 Å². The summed E-state index contributed by atoms with van der Waals surface area (Å²) in [6.07, 6.45) is 0. The Morgan fingerprint density at radius 3 is 1.67 bits per heavy atom. The molecule has 0 saturated carbocycles. The standard InChI is InChI=1S/C6H15NS.ClH/c1-6(2,5-8)7(3)4;/h8H,5H2,1-4H3;1H. The van der Waals surface area contributed by atoms with E-state index in [1.807, 2.05) is 0 Å². The highest BCUT2D eigenvalue weighted by molar-refractivity contribution is 7.80. The van der Waals surface area contributed by atoms with Gasteiger partial charge in [0.25, 0.3) is 0 Å². The minimum atomic E-state index is 0. The molecular formula is C6H16ClNS. The zero-order chi connectivity index (χ0) is 6.78. The van der Waals surface area contributed by atoms with Crippen LogP contribution in [0.2, 0.25) is 0 Å². The lowest BCUT2D eigenvalue weighted by Gasteiger charge is -2.30. The second-order valence-corrected chi connectivity index (χ2v) is 3.18. The van der Waals surface area contributed by atoms with Gasteiger partial charge in [-0.3, -0.25) is 0 Å². The zero-order valence-electron chi connectivity index (χ0n) is 6.51. The molecule has 0 atom stereocenters. The van der Waals surface area contributed by atoms with Crippen molar-refractivity contribution in [2.45, 2.75) is 19.4 Å².